The fraction of sp³-hybridized carbons (Fsp3) is 0.111. The number of benzene rings is 1. The molecule has 0 bridgehead atoms. The molecule has 1 nitrogen and oxygen atoms in total. The van der Waals surface area contributed by atoms with Gasteiger partial charge in [-0.15, -0.1) is 0 Å². The summed E-state index contributed by atoms with van der Waals surface area (Å²) in [7, 11) is -0.885. The summed E-state index contributed by atoms with van der Waals surface area (Å²) in [6, 6.07) is 7.37. The second-order valence-corrected chi connectivity index (χ2v) is 4.06. The Morgan fingerprint density at radius 1 is 1.33 bits per heavy atom. The first-order valence-electron chi connectivity index (χ1n) is 3.44. The molecule has 1 atom stereocenters. The van der Waals surface area contributed by atoms with Crippen molar-refractivity contribution < 1.29 is 4.21 Å². The van der Waals surface area contributed by atoms with Crippen LogP contribution in [0.4, 0.5) is 0 Å². The van der Waals surface area contributed by atoms with E-state index >= 15 is 0 Å². The molecule has 12 heavy (non-hydrogen) atoms. The summed E-state index contributed by atoms with van der Waals surface area (Å²) in [6.07, 6.45) is 3.44. The highest BCUT2D eigenvalue weighted by molar-refractivity contribution is 7.87. The number of hydrogen-bond donors (Lipinski definition) is 0. The maximum atomic E-state index is 10.7. The van der Waals surface area contributed by atoms with E-state index in [0.717, 1.165) is 5.56 Å². The molecular formula is C9H9ClOS. The molecule has 1 aromatic carbocycles. The summed E-state index contributed by atoms with van der Waals surface area (Å²) in [5.74, 6) is 0. The molecule has 0 spiro atoms. The maximum Gasteiger partial charge on any atom is 0.0424 e. The first kappa shape index (κ1) is 9.49. The van der Waals surface area contributed by atoms with Crippen molar-refractivity contribution >= 4 is 28.5 Å². The van der Waals surface area contributed by atoms with Crippen LogP contribution >= 0.6 is 11.6 Å². The topological polar surface area (TPSA) is 17.1 Å². The molecule has 64 valence electrons. The van der Waals surface area contributed by atoms with Gasteiger partial charge in [0.15, 0.2) is 0 Å². The summed E-state index contributed by atoms with van der Waals surface area (Å²) in [5.41, 5.74) is 1.01. The van der Waals surface area contributed by atoms with Gasteiger partial charge in [0.2, 0.25) is 0 Å². The van der Waals surface area contributed by atoms with Crippen molar-refractivity contribution in [2.75, 3.05) is 6.26 Å². The summed E-state index contributed by atoms with van der Waals surface area (Å²) in [6.45, 7) is 0. The zero-order chi connectivity index (χ0) is 8.97. The Kier molecular flexibility index (Phi) is 3.50. The Morgan fingerprint density at radius 3 is 2.42 bits per heavy atom. The van der Waals surface area contributed by atoms with Crippen LogP contribution in [0.3, 0.4) is 0 Å². The molecule has 0 radical (unpaired) electrons. The van der Waals surface area contributed by atoms with Gasteiger partial charge in [-0.05, 0) is 23.8 Å². The zero-order valence-electron chi connectivity index (χ0n) is 6.66. The molecule has 0 saturated carbocycles. The van der Waals surface area contributed by atoms with Gasteiger partial charge in [0.25, 0.3) is 0 Å². The van der Waals surface area contributed by atoms with Gasteiger partial charge in [-0.1, -0.05) is 23.7 Å². The molecule has 0 fully saturated rings. The fourth-order valence-electron chi connectivity index (χ4n) is 0.748. The van der Waals surface area contributed by atoms with Crippen molar-refractivity contribution in [1.82, 2.24) is 0 Å². The molecule has 0 heterocycles. The average molecular weight is 201 g/mol. The van der Waals surface area contributed by atoms with E-state index in [4.69, 9.17) is 11.6 Å². The lowest BCUT2D eigenvalue weighted by molar-refractivity contribution is 0.692. The third-order valence-electron chi connectivity index (χ3n) is 1.32. The first-order valence-corrected chi connectivity index (χ1v) is 5.44. The molecule has 1 rings (SSSR count). The van der Waals surface area contributed by atoms with E-state index in [1.165, 1.54) is 0 Å². The van der Waals surface area contributed by atoms with Crippen LogP contribution in [0, 0.1) is 0 Å². The summed E-state index contributed by atoms with van der Waals surface area (Å²) < 4.78 is 10.7. The molecule has 0 aliphatic rings. The molecule has 1 aromatic rings. The van der Waals surface area contributed by atoms with Crippen LogP contribution in [0.15, 0.2) is 29.7 Å². The van der Waals surface area contributed by atoms with Crippen LogP contribution in [0.25, 0.3) is 6.08 Å². The summed E-state index contributed by atoms with van der Waals surface area (Å²) in [4.78, 5) is 0. The minimum Gasteiger partial charge on any atom is -0.255 e. The van der Waals surface area contributed by atoms with Crippen LogP contribution < -0.4 is 0 Å². The summed E-state index contributed by atoms with van der Waals surface area (Å²) in [5, 5.41) is 2.35. The van der Waals surface area contributed by atoms with Crippen molar-refractivity contribution in [2.24, 2.45) is 0 Å². The lowest BCUT2D eigenvalue weighted by Gasteiger charge is -1.91. The van der Waals surface area contributed by atoms with Gasteiger partial charge in [0, 0.05) is 27.5 Å². The van der Waals surface area contributed by atoms with Crippen molar-refractivity contribution in [2.45, 2.75) is 0 Å². The van der Waals surface area contributed by atoms with Crippen molar-refractivity contribution in [3.8, 4) is 0 Å². The number of halogens is 1. The largest absolute Gasteiger partial charge is 0.255 e. The number of rotatable bonds is 2. The van der Waals surface area contributed by atoms with E-state index in [1.807, 2.05) is 18.2 Å². The molecule has 0 aliphatic heterocycles. The Labute approximate surface area is 79.5 Å². The Balaban J connectivity index is 2.77. The lowest BCUT2D eigenvalue weighted by Crippen LogP contribution is -1.75. The normalized spacial score (nSPS) is 13.5. The molecule has 0 aliphatic carbocycles. The van der Waals surface area contributed by atoms with E-state index in [2.05, 4.69) is 0 Å². The van der Waals surface area contributed by atoms with Gasteiger partial charge in [0.1, 0.15) is 0 Å². The Bertz CT molecular complexity index is 303. The Hall–Kier alpha value is -0.600. The van der Waals surface area contributed by atoms with E-state index in [-0.39, 0.29) is 0 Å². The van der Waals surface area contributed by atoms with Gasteiger partial charge in [-0.2, -0.15) is 0 Å². The predicted molar refractivity (Wildman–Crippen MR) is 54.6 cm³/mol. The highest BCUT2D eigenvalue weighted by Crippen LogP contribution is 2.10. The van der Waals surface area contributed by atoms with E-state index in [9.17, 15) is 4.21 Å². The van der Waals surface area contributed by atoms with Crippen molar-refractivity contribution in [1.29, 1.82) is 0 Å². The highest BCUT2D eigenvalue weighted by Gasteiger charge is 1.87. The molecule has 0 unspecified atom stereocenters. The van der Waals surface area contributed by atoms with Crippen LogP contribution in [0.1, 0.15) is 5.56 Å². The van der Waals surface area contributed by atoms with Crippen molar-refractivity contribution in [3.05, 3.63) is 40.3 Å². The monoisotopic (exact) mass is 200 g/mol. The van der Waals surface area contributed by atoms with E-state index < -0.39 is 10.8 Å². The standard InChI is InChI=1S/C9H9ClOS/c1-12(11)7-6-8-2-4-9(10)5-3-8/h2-7H,1H3/b7-6+/t12-/m0/s1. The average Bonchev–Trinajstić information content (AvgIpc) is 2.03. The molecule has 3 heteroatoms. The SMILES string of the molecule is C[S@](=O)/C=C/c1ccc(Cl)cc1. The van der Waals surface area contributed by atoms with Gasteiger partial charge >= 0.3 is 0 Å². The molecule has 0 N–H and O–H groups in total. The van der Waals surface area contributed by atoms with Crippen molar-refractivity contribution in [3.63, 3.8) is 0 Å². The van der Waals surface area contributed by atoms with E-state index in [0.29, 0.717) is 5.02 Å². The minimum absolute atomic E-state index is 0.713. The van der Waals surface area contributed by atoms with Gasteiger partial charge in [0.05, 0.1) is 0 Å². The molecule has 0 aromatic heterocycles. The van der Waals surface area contributed by atoms with Crippen LogP contribution in [-0.4, -0.2) is 10.5 Å². The van der Waals surface area contributed by atoms with Gasteiger partial charge < -0.3 is 0 Å². The lowest BCUT2D eigenvalue weighted by atomic mass is 10.2. The highest BCUT2D eigenvalue weighted by atomic mass is 35.5. The molecule has 0 saturated heterocycles. The third-order valence-corrected chi connectivity index (χ3v) is 2.09. The van der Waals surface area contributed by atoms with Gasteiger partial charge in [-0.3, -0.25) is 4.21 Å². The van der Waals surface area contributed by atoms with Crippen LogP contribution in [0.5, 0.6) is 0 Å². The van der Waals surface area contributed by atoms with Crippen LogP contribution in [0.2, 0.25) is 5.02 Å². The summed E-state index contributed by atoms with van der Waals surface area (Å²) >= 11 is 5.69. The minimum atomic E-state index is -0.885. The smallest absolute Gasteiger partial charge is 0.0424 e. The third kappa shape index (κ3) is 3.20. The van der Waals surface area contributed by atoms with Crippen LogP contribution in [-0.2, 0) is 10.8 Å². The maximum absolute atomic E-state index is 10.7. The fourth-order valence-corrected chi connectivity index (χ4v) is 1.22. The molecule has 0 amide bonds. The quantitative estimate of drug-likeness (QED) is 0.718. The number of hydrogen-bond acceptors (Lipinski definition) is 1. The first-order chi connectivity index (χ1) is 5.68. The van der Waals surface area contributed by atoms with E-state index in [1.54, 1.807) is 23.8 Å². The predicted octanol–water partition coefficient (Wildman–Crippen LogP) is 2.69. The Morgan fingerprint density at radius 2 is 1.92 bits per heavy atom. The van der Waals surface area contributed by atoms with Gasteiger partial charge in [-0.25, -0.2) is 0 Å². The zero-order valence-corrected chi connectivity index (χ0v) is 8.23. The second-order valence-electron chi connectivity index (χ2n) is 2.35. The second kappa shape index (κ2) is 4.43. The molecular weight excluding hydrogens is 192 g/mol.